The van der Waals surface area contributed by atoms with Gasteiger partial charge in [-0.15, -0.1) is 11.3 Å². The maximum atomic E-state index is 12.6. The van der Waals surface area contributed by atoms with E-state index >= 15 is 0 Å². The van der Waals surface area contributed by atoms with Crippen molar-refractivity contribution >= 4 is 40.2 Å². The molecule has 5 nitrogen and oxygen atoms in total. The molecule has 0 saturated carbocycles. The van der Waals surface area contributed by atoms with Gasteiger partial charge in [0.2, 0.25) is 0 Å². The molecule has 3 aromatic rings. The van der Waals surface area contributed by atoms with Gasteiger partial charge in [0.25, 0.3) is 11.8 Å². The van der Waals surface area contributed by atoms with E-state index in [0.29, 0.717) is 22.7 Å². The van der Waals surface area contributed by atoms with Gasteiger partial charge in [-0.25, -0.2) is 0 Å². The lowest BCUT2D eigenvalue weighted by Gasteiger charge is -2.29. The predicted octanol–water partition coefficient (Wildman–Crippen LogP) is 4.87. The Kier molecular flexibility index (Phi) is 7.57. The number of hydrogen-bond donors (Lipinski definition) is 2. The van der Waals surface area contributed by atoms with Crippen molar-refractivity contribution in [3.63, 3.8) is 0 Å². The van der Waals surface area contributed by atoms with Crippen LogP contribution in [0.5, 0.6) is 0 Å². The summed E-state index contributed by atoms with van der Waals surface area (Å²) in [6.07, 6.45) is 0. The highest BCUT2D eigenvalue weighted by atomic mass is 32.1. The van der Waals surface area contributed by atoms with E-state index in [1.54, 1.807) is 41.7 Å². The number of nitrogens with zero attached hydrogens (tertiary/aromatic N) is 1. The minimum absolute atomic E-state index is 0.117. The number of likely N-dealkylation sites (N-methyl/N-ethyl adjacent to an activating group) is 1. The van der Waals surface area contributed by atoms with Crippen molar-refractivity contribution in [3.05, 3.63) is 74.6 Å². The second-order valence-corrected chi connectivity index (χ2v) is 8.24. The lowest BCUT2D eigenvalue weighted by molar-refractivity contribution is 0.0934. The van der Waals surface area contributed by atoms with Crippen molar-refractivity contribution in [3.8, 4) is 0 Å². The van der Waals surface area contributed by atoms with Crippen molar-refractivity contribution in [2.24, 2.45) is 0 Å². The molecular formula is C22H25N3O2S2. The van der Waals surface area contributed by atoms with E-state index in [1.807, 2.05) is 11.4 Å². The largest absolute Gasteiger partial charge is 0.350 e. The molecule has 0 aliphatic heterocycles. The Hall–Kier alpha value is -2.48. The van der Waals surface area contributed by atoms with Crippen molar-refractivity contribution in [1.29, 1.82) is 0 Å². The summed E-state index contributed by atoms with van der Waals surface area (Å²) in [6.45, 7) is 6.66. The highest BCUT2D eigenvalue weighted by molar-refractivity contribution is 7.12. The van der Waals surface area contributed by atoms with Gasteiger partial charge in [-0.05, 0) is 71.2 Å². The Morgan fingerprint density at radius 2 is 1.76 bits per heavy atom. The summed E-state index contributed by atoms with van der Waals surface area (Å²) < 4.78 is 0. The minimum atomic E-state index is -0.143. The van der Waals surface area contributed by atoms with Gasteiger partial charge in [-0.1, -0.05) is 19.9 Å². The van der Waals surface area contributed by atoms with Crippen LogP contribution in [-0.2, 0) is 0 Å². The fraction of sp³-hybridized carbons (Fsp3) is 0.273. The third-order valence-corrected chi connectivity index (χ3v) is 6.36. The molecule has 1 unspecified atom stereocenters. The van der Waals surface area contributed by atoms with Gasteiger partial charge in [-0.2, -0.15) is 11.3 Å². The van der Waals surface area contributed by atoms with Crippen LogP contribution >= 0.6 is 22.7 Å². The van der Waals surface area contributed by atoms with E-state index in [9.17, 15) is 9.59 Å². The summed E-state index contributed by atoms with van der Waals surface area (Å²) in [5.74, 6) is -0.261. The van der Waals surface area contributed by atoms with Crippen molar-refractivity contribution in [2.75, 3.05) is 25.0 Å². The zero-order valence-electron chi connectivity index (χ0n) is 16.6. The van der Waals surface area contributed by atoms with Crippen molar-refractivity contribution in [1.82, 2.24) is 10.2 Å². The second-order valence-electron chi connectivity index (χ2n) is 6.51. The smallest absolute Gasteiger partial charge is 0.265 e. The number of amides is 2. The average molecular weight is 428 g/mol. The molecule has 0 aliphatic carbocycles. The molecule has 3 rings (SSSR count). The SMILES string of the molecule is CCN(CC)C(CNC(=O)c1ccc(NC(=O)c2cccs2)cc1)c1ccsc1. The van der Waals surface area contributed by atoms with Gasteiger partial charge in [0, 0.05) is 17.8 Å². The number of anilines is 1. The first-order chi connectivity index (χ1) is 14.1. The van der Waals surface area contributed by atoms with Crippen LogP contribution in [0, 0.1) is 0 Å². The first-order valence-electron chi connectivity index (χ1n) is 9.61. The molecule has 2 N–H and O–H groups in total. The van der Waals surface area contributed by atoms with Gasteiger partial charge in [0.15, 0.2) is 0 Å². The normalized spacial score (nSPS) is 12.0. The molecule has 1 atom stereocenters. The van der Waals surface area contributed by atoms with Crippen LogP contribution in [0.2, 0.25) is 0 Å². The highest BCUT2D eigenvalue weighted by Crippen LogP contribution is 2.22. The standard InChI is InChI=1S/C22H25N3O2S2/c1-3-25(4-2)19(17-11-13-28-15-17)14-23-21(26)16-7-9-18(10-8-16)24-22(27)20-6-5-12-29-20/h5-13,15,19H,3-4,14H2,1-2H3,(H,23,26)(H,24,27). The van der Waals surface area contributed by atoms with Gasteiger partial charge in [0.1, 0.15) is 0 Å². The molecule has 0 fully saturated rings. The number of thiophene rings is 2. The summed E-state index contributed by atoms with van der Waals surface area (Å²) in [4.78, 5) is 27.7. The topological polar surface area (TPSA) is 61.4 Å². The lowest BCUT2D eigenvalue weighted by atomic mass is 10.1. The van der Waals surface area contributed by atoms with Crippen LogP contribution < -0.4 is 10.6 Å². The molecule has 0 saturated heterocycles. The quantitative estimate of drug-likeness (QED) is 0.512. The molecule has 0 aliphatic rings. The van der Waals surface area contributed by atoms with Crippen molar-refractivity contribution < 1.29 is 9.59 Å². The average Bonchev–Trinajstić information content (AvgIpc) is 3.46. The maximum Gasteiger partial charge on any atom is 0.265 e. The van der Waals surface area contributed by atoms with E-state index < -0.39 is 0 Å². The summed E-state index contributed by atoms with van der Waals surface area (Å²) in [7, 11) is 0. The molecule has 152 valence electrons. The molecular weight excluding hydrogens is 402 g/mol. The van der Waals surface area contributed by atoms with Gasteiger partial charge < -0.3 is 10.6 Å². The number of hydrogen-bond acceptors (Lipinski definition) is 5. The minimum Gasteiger partial charge on any atom is -0.350 e. The van der Waals surface area contributed by atoms with E-state index in [0.717, 1.165) is 13.1 Å². The van der Waals surface area contributed by atoms with Crippen molar-refractivity contribution in [2.45, 2.75) is 19.9 Å². The van der Waals surface area contributed by atoms with E-state index in [1.165, 1.54) is 16.9 Å². The van der Waals surface area contributed by atoms with E-state index in [4.69, 9.17) is 0 Å². The van der Waals surface area contributed by atoms with Gasteiger partial charge >= 0.3 is 0 Å². The third-order valence-electron chi connectivity index (χ3n) is 4.79. The van der Waals surface area contributed by atoms with Gasteiger partial charge in [0.05, 0.1) is 10.9 Å². The summed E-state index contributed by atoms with van der Waals surface area (Å²) in [5, 5.41) is 12.0. The number of rotatable bonds is 9. The number of carbonyl (C=O) groups is 2. The lowest BCUT2D eigenvalue weighted by Crippen LogP contribution is -2.37. The molecule has 1 aromatic carbocycles. The second kappa shape index (κ2) is 10.3. The Labute approximate surface area is 179 Å². The fourth-order valence-electron chi connectivity index (χ4n) is 3.18. The Morgan fingerprint density at radius 3 is 2.34 bits per heavy atom. The zero-order chi connectivity index (χ0) is 20.6. The number of carbonyl (C=O) groups excluding carboxylic acids is 2. The third kappa shape index (κ3) is 5.53. The zero-order valence-corrected chi connectivity index (χ0v) is 18.2. The van der Waals surface area contributed by atoms with Crippen LogP contribution in [0.25, 0.3) is 0 Å². The molecule has 2 aromatic heterocycles. The first-order valence-corrected chi connectivity index (χ1v) is 11.4. The molecule has 0 bridgehead atoms. The molecule has 29 heavy (non-hydrogen) atoms. The Bertz CT molecular complexity index is 902. The molecule has 2 heterocycles. The summed E-state index contributed by atoms with van der Waals surface area (Å²) in [6, 6.07) is 12.9. The van der Waals surface area contributed by atoms with Gasteiger partial charge in [-0.3, -0.25) is 14.5 Å². The molecule has 7 heteroatoms. The predicted molar refractivity (Wildman–Crippen MR) is 121 cm³/mol. The summed E-state index contributed by atoms with van der Waals surface area (Å²) in [5.41, 5.74) is 2.47. The maximum absolute atomic E-state index is 12.6. The highest BCUT2D eigenvalue weighted by Gasteiger charge is 2.19. The fourth-order valence-corrected chi connectivity index (χ4v) is 4.51. The first kappa shape index (κ1) is 21.2. The number of nitrogens with one attached hydrogen (secondary N) is 2. The van der Waals surface area contributed by atoms with E-state index in [-0.39, 0.29) is 17.9 Å². The van der Waals surface area contributed by atoms with E-state index in [2.05, 4.69) is 46.2 Å². The molecule has 2 amide bonds. The van der Waals surface area contributed by atoms with Crippen LogP contribution in [0.15, 0.2) is 58.6 Å². The Morgan fingerprint density at radius 1 is 1.00 bits per heavy atom. The van der Waals surface area contributed by atoms with Crippen LogP contribution in [0.4, 0.5) is 5.69 Å². The van der Waals surface area contributed by atoms with Crippen LogP contribution in [0.1, 0.15) is 45.5 Å². The Balaban J connectivity index is 1.60. The van der Waals surface area contributed by atoms with Crippen LogP contribution in [0.3, 0.4) is 0 Å². The molecule has 0 radical (unpaired) electrons. The summed E-state index contributed by atoms with van der Waals surface area (Å²) >= 11 is 3.06. The monoisotopic (exact) mass is 427 g/mol. The molecule has 0 spiro atoms. The van der Waals surface area contributed by atoms with Crippen LogP contribution in [-0.4, -0.2) is 36.3 Å². The number of benzene rings is 1.